The first-order valence-corrected chi connectivity index (χ1v) is 13.2. The molecule has 2 heteroatoms. The maximum atomic E-state index is 9.24. The zero-order chi connectivity index (χ0) is 38.9. The van der Waals surface area contributed by atoms with Crippen LogP contribution in [0.2, 0.25) is 0 Å². The van der Waals surface area contributed by atoms with E-state index in [0.717, 1.165) is 16.5 Å². The Morgan fingerprint density at radius 1 is 0.476 bits per heavy atom. The second-order valence-electron chi connectivity index (χ2n) is 9.89. The maximum absolute atomic E-state index is 9.24. The minimum absolute atomic E-state index is 0.0351. The summed E-state index contributed by atoms with van der Waals surface area (Å²) >= 11 is 0. The topological polar surface area (TPSA) is 26.3 Å². The summed E-state index contributed by atoms with van der Waals surface area (Å²) in [6.07, 6.45) is 1.66. The van der Waals surface area contributed by atoms with Crippen LogP contribution in [0.15, 0.2) is 154 Å². The lowest BCUT2D eigenvalue weighted by Gasteiger charge is -2.17. The highest BCUT2D eigenvalue weighted by molar-refractivity contribution is 6.23. The van der Waals surface area contributed by atoms with E-state index in [9.17, 15) is 5.48 Å². The fourth-order valence-corrected chi connectivity index (χ4v) is 5.89. The summed E-state index contributed by atoms with van der Waals surface area (Å²) in [5.41, 5.74) is 2.83. The highest BCUT2D eigenvalue weighted by Gasteiger charge is 2.20. The van der Waals surface area contributed by atoms with E-state index < -0.39 is 84.1 Å². The molecule has 0 spiro atoms. The van der Waals surface area contributed by atoms with E-state index >= 15 is 0 Å². The van der Waals surface area contributed by atoms with Crippen LogP contribution < -0.4 is 0 Å². The van der Waals surface area contributed by atoms with Crippen molar-refractivity contribution >= 4 is 54.5 Å². The fourth-order valence-electron chi connectivity index (χ4n) is 5.89. The minimum Gasteiger partial charge on any atom is -0.463 e. The standard InChI is InChI=1S/C40H24O2/c1-3-11-25(12-4-1)34-24-41-40-32(34)20-22-36-39(40)33-23-27(19-21-35(33)42-36)38-30-17-9-7-15-28(30)37(26-13-5-2-6-14-26)29-16-8-10-18-31(29)38/h1-24H/i2D,5D,6D,7D,8D,9D,10D,13D,14D,15D,16D,17D,18D. The SMILES string of the molecule is [2H]c1c([2H])c([2H])c(-c2c3c([2H])c([2H])c([2H])c([2H])c3c(-c3ccc4oc5ccc6c(-c7ccccc7)coc6c5c4c3)c3c([2H])c([2H])c([2H])c([2H])c23)c([2H])c1[2H]. The van der Waals surface area contributed by atoms with Crippen LogP contribution in [0.3, 0.4) is 0 Å². The Bertz CT molecular complexity index is 3070. The van der Waals surface area contributed by atoms with Gasteiger partial charge in [-0.1, -0.05) is 115 Å². The first kappa shape index (κ1) is 13.8. The molecule has 0 fully saturated rings. The maximum Gasteiger partial charge on any atom is 0.146 e. The van der Waals surface area contributed by atoms with E-state index in [0.29, 0.717) is 33.1 Å². The predicted molar refractivity (Wildman–Crippen MR) is 175 cm³/mol. The van der Waals surface area contributed by atoms with Gasteiger partial charge in [0, 0.05) is 16.3 Å². The van der Waals surface area contributed by atoms with Crippen LogP contribution in [0.4, 0.5) is 0 Å². The second-order valence-corrected chi connectivity index (χ2v) is 9.89. The Hall–Kier alpha value is -5.60. The van der Waals surface area contributed by atoms with Crippen molar-refractivity contribution in [1.29, 1.82) is 0 Å². The summed E-state index contributed by atoms with van der Waals surface area (Å²) in [5, 5.41) is 1.13. The first-order valence-electron chi connectivity index (χ1n) is 19.7. The van der Waals surface area contributed by atoms with Crippen LogP contribution in [0, 0.1) is 0 Å². The Kier molecular flexibility index (Phi) is 2.95. The largest absolute Gasteiger partial charge is 0.463 e. The minimum atomic E-state index is -0.722. The van der Waals surface area contributed by atoms with E-state index in [1.807, 2.05) is 42.5 Å². The molecule has 0 atom stereocenters. The molecule has 2 nitrogen and oxygen atoms in total. The Balaban J connectivity index is 1.50. The van der Waals surface area contributed by atoms with Crippen LogP contribution in [0.25, 0.3) is 87.8 Å². The number of benzene rings is 7. The third-order valence-electron chi connectivity index (χ3n) is 7.67. The lowest BCUT2D eigenvalue weighted by atomic mass is 9.86. The van der Waals surface area contributed by atoms with Gasteiger partial charge in [-0.2, -0.15) is 0 Å². The van der Waals surface area contributed by atoms with Gasteiger partial charge in [0.15, 0.2) is 0 Å². The molecule has 0 saturated heterocycles. The molecule has 2 aromatic heterocycles. The van der Waals surface area contributed by atoms with Crippen molar-refractivity contribution in [3.63, 3.8) is 0 Å². The molecule has 0 amide bonds. The lowest BCUT2D eigenvalue weighted by molar-refractivity contribution is 0.619. The molecule has 9 aromatic rings. The van der Waals surface area contributed by atoms with Gasteiger partial charge < -0.3 is 8.83 Å². The van der Waals surface area contributed by atoms with Crippen molar-refractivity contribution in [2.45, 2.75) is 0 Å². The fraction of sp³-hybridized carbons (Fsp3) is 0. The smallest absolute Gasteiger partial charge is 0.146 e. The van der Waals surface area contributed by atoms with Crippen LogP contribution in [0.1, 0.15) is 17.8 Å². The molecule has 42 heavy (non-hydrogen) atoms. The molecule has 9 rings (SSSR count). The molecular formula is C40H24O2. The van der Waals surface area contributed by atoms with Gasteiger partial charge in [-0.15, -0.1) is 0 Å². The lowest BCUT2D eigenvalue weighted by Crippen LogP contribution is -1.90. The summed E-state index contributed by atoms with van der Waals surface area (Å²) in [7, 11) is 0. The van der Waals surface area contributed by atoms with E-state index in [1.165, 1.54) is 0 Å². The normalized spacial score (nSPS) is 16.1. The van der Waals surface area contributed by atoms with Gasteiger partial charge in [0.05, 0.1) is 29.5 Å². The zero-order valence-electron chi connectivity index (χ0n) is 34.7. The highest BCUT2D eigenvalue weighted by Crippen LogP contribution is 2.45. The highest BCUT2D eigenvalue weighted by atomic mass is 16.3. The number of furan rings is 2. The Labute approximate surface area is 260 Å². The molecule has 7 aromatic carbocycles. The molecular weight excluding hydrogens is 512 g/mol. The Morgan fingerprint density at radius 2 is 1.10 bits per heavy atom. The van der Waals surface area contributed by atoms with E-state index in [4.69, 9.17) is 21.2 Å². The third-order valence-corrected chi connectivity index (χ3v) is 7.67. The molecule has 0 radical (unpaired) electrons. The van der Waals surface area contributed by atoms with Gasteiger partial charge in [-0.25, -0.2) is 0 Å². The molecule has 0 unspecified atom stereocenters. The predicted octanol–water partition coefficient (Wildman–Crippen LogP) is 11.6. The summed E-state index contributed by atoms with van der Waals surface area (Å²) in [6.45, 7) is 0. The molecule has 0 N–H and O–H groups in total. The quantitative estimate of drug-likeness (QED) is 0.205. The van der Waals surface area contributed by atoms with Gasteiger partial charge in [0.25, 0.3) is 0 Å². The third kappa shape index (κ3) is 3.33. The van der Waals surface area contributed by atoms with Crippen molar-refractivity contribution in [1.82, 2.24) is 0 Å². The summed E-state index contributed by atoms with van der Waals surface area (Å²) < 4.78 is 127. The molecule has 196 valence electrons. The van der Waals surface area contributed by atoms with Crippen molar-refractivity contribution in [3.05, 3.63) is 145 Å². The van der Waals surface area contributed by atoms with Crippen LogP contribution >= 0.6 is 0 Å². The average Bonchev–Trinajstić information content (AvgIpc) is 3.80. The van der Waals surface area contributed by atoms with Crippen molar-refractivity contribution in [2.75, 3.05) is 0 Å². The number of hydrogen-bond acceptors (Lipinski definition) is 2. The zero-order valence-corrected chi connectivity index (χ0v) is 21.7. The van der Waals surface area contributed by atoms with Crippen LogP contribution in [-0.2, 0) is 0 Å². The first-order chi connectivity index (χ1) is 26.2. The summed E-state index contributed by atoms with van der Waals surface area (Å²) in [4.78, 5) is 0. The second kappa shape index (κ2) is 8.95. The van der Waals surface area contributed by atoms with Gasteiger partial charge in [0.1, 0.15) is 16.7 Å². The van der Waals surface area contributed by atoms with Crippen LogP contribution in [-0.4, -0.2) is 0 Å². The van der Waals surface area contributed by atoms with E-state index in [1.54, 1.807) is 24.5 Å². The number of rotatable bonds is 3. The molecule has 0 bridgehead atoms. The summed E-state index contributed by atoms with van der Waals surface area (Å²) in [5.74, 6) is 0. The van der Waals surface area contributed by atoms with E-state index in [2.05, 4.69) is 0 Å². The number of hydrogen-bond donors (Lipinski definition) is 0. The average molecular weight is 550 g/mol. The molecule has 0 aliphatic heterocycles. The van der Waals surface area contributed by atoms with Crippen molar-refractivity contribution in [3.8, 4) is 33.4 Å². The van der Waals surface area contributed by atoms with E-state index in [-0.39, 0.29) is 32.7 Å². The van der Waals surface area contributed by atoms with Crippen molar-refractivity contribution in [2.24, 2.45) is 0 Å². The van der Waals surface area contributed by atoms with Gasteiger partial charge in [0.2, 0.25) is 0 Å². The Morgan fingerprint density at radius 3 is 1.79 bits per heavy atom. The van der Waals surface area contributed by atoms with Gasteiger partial charge in [-0.3, -0.25) is 0 Å². The number of fused-ring (bicyclic) bond motifs is 7. The molecule has 0 aliphatic carbocycles. The van der Waals surface area contributed by atoms with Gasteiger partial charge in [-0.05, 0) is 73.6 Å². The molecule has 0 aliphatic rings. The van der Waals surface area contributed by atoms with Crippen LogP contribution in [0.5, 0.6) is 0 Å². The van der Waals surface area contributed by atoms with Crippen molar-refractivity contribution < 1.29 is 26.7 Å². The van der Waals surface area contributed by atoms with Gasteiger partial charge >= 0.3 is 0 Å². The summed E-state index contributed by atoms with van der Waals surface area (Å²) in [6, 6.07) is 9.92. The molecule has 0 saturated carbocycles. The molecule has 2 heterocycles. The monoisotopic (exact) mass is 549 g/mol.